The maximum absolute atomic E-state index is 13.3. The van der Waals surface area contributed by atoms with E-state index in [-0.39, 0.29) is 5.56 Å². The van der Waals surface area contributed by atoms with Crippen molar-refractivity contribution in [1.29, 1.82) is 0 Å². The second kappa shape index (κ2) is 8.02. The number of fused-ring (bicyclic) bond motifs is 3. The van der Waals surface area contributed by atoms with E-state index in [2.05, 4.69) is 15.3 Å². The highest BCUT2D eigenvalue weighted by molar-refractivity contribution is 7.18. The average molecular weight is 461 g/mol. The molecule has 172 valence electrons. The van der Waals surface area contributed by atoms with Crippen LogP contribution in [0.3, 0.4) is 0 Å². The number of pyridine rings is 1. The molecule has 33 heavy (non-hydrogen) atoms. The number of hydrogen-bond acceptors (Lipinski definition) is 5. The second-order valence-corrected chi connectivity index (χ2v) is 12.2. The van der Waals surface area contributed by atoms with Gasteiger partial charge >= 0.3 is 0 Å². The topological polar surface area (TPSA) is 59.8 Å². The Hall–Kier alpha value is -2.05. The molecule has 0 aliphatic heterocycles. The lowest BCUT2D eigenvalue weighted by Gasteiger charge is -2.54. The Balaban J connectivity index is 1.07. The molecule has 5 nitrogen and oxygen atoms in total. The SMILES string of the molecule is O=c1c2c3c(sc2ncn1Cc1ccccn1)C[C@@H](NCC1C2CC4CC(C2)CC1C4)CC3. The molecular formula is C27H32N4OS. The van der Waals surface area contributed by atoms with E-state index < -0.39 is 0 Å². The Bertz CT molecular complexity index is 1200. The van der Waals surface area contributed by atoms with Crippen molar-refractivity contribution >= 4 is 21.6 Å². The van der Waals surface area contributed by atoms with Gasteiger partial charge < -0.3 is 5.32 Å². The van der Waals surface area contributed by atoms with Crippen LogP contribution in [0.5, 0.6) is 0 Å². The van der Waals surface area contributed by atoms with Crippen LogP contribution >= 0.6 is 11.3 Å². The van der Waals surface area contributed by atoms with Gasteiger partial charge in [-0.05, 0) is 105 Å². The smallest absolute Gasteiger partial charge is 0.262 e. The van der Waals surface area contributed by atoms with E-state index in [1.165, 1.54) is 49.1 Å². The summed E-state index contributed by atoms with van der Waals surface area (Å²) in [5, 5.41) is 4.84. The van der Waals surface area contributed by atoms with Crippen LogP contribution in [0.15, 0.2) is 35.5 Å². The standard InChI is InChI=1S/C27H32N4OS/c32-27-25-22-5-4-20(29-13-23-18-8-16-7-17(10-18)11-19(23)9-16)12-24(22)33-26(25)30-15-31(27)14-21-3-1-2-6-28-21/h1-3,6,15-20,23,29H,4-5,7-14H2/t16?,17?,18?,19?,20-,23?/m0/s1. The molecule has 3 aromatic rings. The minimum absolute atomic E-state index is 0.0863. The predicted octanol–water partition coefficient (Wildman–Crippen LogP) is 4.42. The minimum atomic E-state index is 0.0863. The maximum Gasteiger partial charge on any atom is 0.262 e. The molecule has 4 fully saturated rings. The monoisotopic (exact) mass is 460 g/mol. The Morgan fingerprint density at radius 2 is 1.88 bits per heavy atom. The number of thiophene rings is 1. The van der Waals surface area contributed by atoms with Crippen molar-refractivity contribution in [1.82, 2.24) is 19.9 Å². The quantitative estimate of drug-likeness (QED) is 0.612. The van der Waals surface area contributed by atoms with Crippen LogP contribution in [0.2, 0.25) is 0 Å². The second-order valence-electron chi connectivity index (χ2n) is 11.1. The average Bonchev–Trinajstić information content (AvgIpc) is 3.19. The summed E-state index contributed by atoms with van der Waals surface area (Å²) in [6.07, 6.45) is 14.2. The van der Waals surface area contributed by atoms with Gasteiger partial charge in [-0.2, -0.15) is 0 Å². The van der Waals surface area contributed by atoms with Crippen molar-refractivity contribution in [2.24, 2.45) is 29.6 Å². The first-order valence-corrected chi connectivity index (χ1v) is 13.7. The van der Waals surface area contributed by atoms with Gasteiger partial charge in [-0.3, -0.25) is 14.3 Å². The Morgan fingerprint density at radius 3 is 2.64 bits per heavy atom. The zero-order chi connectivity index (χ0) is 21.9. The van der Waals surface area contributed by atoms with Crippen LogP contribution in [0.1, 0.15) is 54.7 Å². The molecule has 0 amide bonds. The van der Waals surface area contributed by atoms with Gasteiger partial charge in [0.15, 0.2) is 0 Å². The van der Waals surface area contributed by atoms with E-state index in [0.29, 0.717) is 12.6 Å². The van der Waals surface area contributed by atoms with Crippen LogP contribution in [0, 0.1) is 29.6 Å². The number of aryl methyl sites for hydroxylation is 1. The van der Waals surface area contributed by atoms with Crippen LogP contribution in [0.25, 0.3) is 10.2 Å². The third-order valence-electron chi connectivity index (χ3n) is 9.16. The van der Waals surface area contributed by atoms with Gasteiger partial charge in [-0.25, -0.2) is 4.98 Å². The molecule has 0 radical (unpaired) electrons. The van der Waals surface area contributed by atoms with Gasteiger partial charge in [0.05, 0.1) is 24.0 Å². The van der Waals surface area contributed by atoms with Crippen LogP contribution in [0.4, 0.5) is 0 Å². The van der Waals surface area contributed by atoms with Crippen molar-refractivity contribution in [3.63, 3.8) is 0 Å². The van der Waals surface area contributed by atoms with E-state index in [4.69, 9.17) is 0 Å². The van der Waals surface area contributed by atoms with E-state index in [9.17, 15) is 4.79 Å². The van der Waals surface area contributed by atoms with Crippen LogP contribution < -0.4 is 10.9 Å². The molecule has 6 heteroatoms. The van der Waals surface area contributed by atoms with Gasteiger partial charge in [0.25, 0.3) is 5.56 Å². The van der Waals surface area contributed by atoms with Gasteiger partial charge in [-0.15, -0.1) is 11.3 Å². The van der Waals surface area contributed by atoms with Crippen molar-refractivity contribution < 1.29 is 0 Å². The predicted molar refractivity (Wildman–Crippen MR) is 132 cm³/mol. The first kappa shape index (κ1) is 20.3. The maximum atomic E-state index is 13.3. The summed E-state index contributed by atoms with van der Waals surface area (Å²) in [4.78, 5) is 24.6. The fourth-order valence-corrected chi connectivity index (χ4v) is 9.09. The zero-order valence-electron chi connectivity index (χ0n) is 19.1. The van der Waals surface area contributed by atoms with Gasteiger partial charge in [-0.1, -0.05) is 6.07 Å². The minimum Gasteiger partial charge on any atom is -0.313 e. The summed E-state index contributed by atoms with van der Waals surface area (Å²) in [6, 6.07) is 6.36. The Labute approximate surface area is 198 Å². The van der Waals surface area contributed by atoms with E-state index in [1.807, 2.05) is 18.2 Å². The van der Waals surface area contributed by atoms with Crippen molar-refractivity contribution in [2.75, 3.05) is 6.54 Å². The molecule has 4 saturated carbocycles. The summed E-state index contributed by atoms with van der Waals surface area (Å²) < 4.78 is 1.72. The highest BCUT2D eigenvalue weighted by atomic mass is 32.1. The Kier molecular flexibility index (Phi) is 4.94. The molecule has 5 aliphatic rings. The summed E-state index contributed by atoms with van der Waals surface area (Å²) in [7, 11) is 0. The first-order valence-electron chi connectivity index (χ1n) is 12.8. The number of aromatic nitrogens is 3. The lowest BCUT2D eigenvalue weighted by Crippen LogP contribution is -2.50. The van der Waals surface area contributed by atoms with E-state index in [1.54, 1.807) is 28.4 Å². The number of hydrogen-bond donors (Lipinski definition) is 1. The van der Waals surface area contributed by atoms with E-state index in [0.717, 1.165) is 64.8 Å². The van der Waals surface area contributed by atoms with Crippen molar-refractivity contribution in [3.8, 4) is 0 Å². The molecule has 0 unspecified atom stereocenters. The molecule has 5 aliphatic carbocycles. The van der Waals surface area contributed by atoms with E-state index >= 15 is 0 Å². The summed E-state index contributed by atoms with van der Waals surface area (Å²) in [5.74, 6) is 4.97. The van der Waals surface area contributed by atoms with Gasteiger partial charge in [0.2, 0.25) is 0 Å². The molecule has 8 rings (SSSR count). The summed E-state index contributed by atoms with van der Waals surface area (Å²) in [5.41, 5.74) is 2.23. The summed E-state index contributed by atoms with van der Waals surface area (Å²) in [6.45, 7) is 1.68. The fourth-order valence-electron chi connectivity index (χ4n) is 7.83. The molecule has 3 heterocycles. The fraction of sp³-hybridized carbons (Fsp3) is 0.593. The molecule has 4 bridgehead atoms. The van der Waals surface area contributed by atoms with Crippen LogP contribution in [-0.2, 0) is 19.4 Å². The molecule has 1 N–H and O–H groups in total. The lowest BCUT2D eigenvalue weighted by atomic mass is 9.52. The van der Waals surface area contributed by atoms with Crippen molar-refractivity contribution in [3.05, 3.63) is 57.2 Å². The highest BCUT2D eigenvalue weighted by Crippen LogP contribution is 2.56. The van der Waals surface area contributed by atoms with Gasteiger partial charge in [0, 0.05) is 17.1 Å². The largest absolute Gasteiger partial charge is 0.313 e. The molecular weight excluding hydrogens is 428 g/mol. The zero-order valence-corrected chi connectivity index (χ0v) is 19.9. The lowest BCUT2D eigenvalue weighted by molar-refractivity contribution is -0.0364. The molecule has 3 aromatic heterocycles. The number of nitrogens with zero attached hydrogens (tertiary/aromatic N) is 3. The summed E-state index contributed by atoms with van der Waals surface area (Å²) >= 11 is 1.74. The van der Waals surface area contributed by atoms with Gasteiger partial charge in [0.1, 0.15) is 4.83 Å². The molecule has 0 spiro atoms. The third kappa shape index (κ3) is 3.57. The Morgan fingerprint density at radius 1 is 1.06 bits per heavy atom. The highest BCUT2D eigenvalue weighted by Gasteiger charge is 2.47. The van der Waals surface area contributed by atoms with Crippen molar-refractivity contribution in [2.45, 2.75) is 64.0 Å². The first-order chi connectivity index (χ1) is 16.2. The molecule has 0 aromatic carbocycles. The number of rotatable bonds is 5. The number of nitrogens with one attached hydrogen (secondary N) is 1. The molecule has 1 atom stereocenters. The normalized spacial score (nSPS) is 32.4. The molecule has 0 saturated heterocycles. The van der Waals surface area contributed by atoms with Crippen LogP contribution in [-0.4, -0.2) is 27.1 Å². The third-order valence-corrected chi connectivity index (χ3v) is 10.3.